The number of carbonyl (C=O) groups excluding carboxylic acids is 1. The molecule has 0 spiro atoms. The van der Waals surface area contributed by atoms with Crippen LogP contribution in [-0.2, 0) is 6.42 Å². The molecule has 0 aliphatic carbocycles. The molecule has 5 nitrogen and oxygen atoms in total. The zero-order chi connectivity index (χ0) is 15.7. The van der Waals surface area contributed by atoms with Gasteiger partial charge in [-0.2, -0.15) is 0 Å². The molecule has 1 aromatic carbocycles. The Kier molecular flexibility index (Phi) is 3.94. The van der Waals surface area contributed by atoms with Gasteiger partial charge in [0, 0.05) is 23.1 Å². The Hall–Kier alpha value is -2.21. The number of thioether (sulfide) groups is 1. The molecule has 0 saturated carbocycles. The number of rotatable bonds is 4. The molecule has 0 fully saturated rings. The van der Waals surface area contributed by atoms with Gasteiger partial charge in [0.1, 0.15) is 11.3 Å². The van der Waals surface area contributed by atoms with E-state index in [4.69, 9.17) is 9.52 Å². The molecule has 3 rings (SSSR count). The molecule has 114 valence electrons. The van der Waals surface area contributed by atoms with Crippen molar-refractivity contribution in [3.05, 3.63) is 53.0 Å². The van der Waals surface area contributed by atoms with Gasteiger partial charge in [-0.15, -0.1) is 11.8 Å². The lowest BCUT2D eigenvalue weighted by molar-refractivity contribution is 0.0694. The molecule has 0 saturated heterocycles. The summed E-state index contributed by atoms with van der Waals surface area (Å²) in [7, 11) is 0. The van der Waals surface area contributed by atoms with Gasteiger partial charge in [-0.1, -0.05) is 25.1 Å². The van der Waals surface area contributed by atoms with Gasteiger partial charge in [0.2, 0.25) is 0 Å². The van der Waals surface area contributed by atoms with Crippen LogP contribution in [0.1, 0.15) is 45.2 Å². The monoisotopic (exact) mass is 317 g/mol. The van der Waals surface area contributed by atoms with Gasteiger partial charge in [-0.05, 0) is 11.6 Å². The van der Waals surface area contributed by atoms with Gasteiger partial charge in [0.15, 0.2) is 5.76 Å². The highest BCUT2D eigenvalue weighted by molar-refractivity contribution is 7.99. The first kappa shape index (κ1) is 14.7. The molecule has 0 bridgehead atoms. The number of aromatic carboxylic acids is 1. The van der Waals surface area contributed by atoms with Gasteiger partial charge >= 0.3 is 5.97 Å². The van der Waals surface area contributed by atoms with Gasteiger partial charge < -0.3 is 14.8 Å². The number of nitrogens with one attached hydrogen (secondary N) is 1. The molecule has 22 heavy (non-hydrogen) atoms. The second kappa shape index (κ2) is 5.88. The molecule has 2 heterocycles. The van der Waals surface area contributed by atoms with Gasteiger partial charge in [-0.3, -0.25) is 4.79 Å². The fraction of sp³-hybridized carbons (Fsp3) is 0.250. The standard InChI is InChI=1S/C16H15NO4S/c1-2-12-10(16(19)20)7-13(21-12)15(18)17-11-8-22-14-6-4-3-5-9(11)14/h3-7,11H,2,8H2,1H3,(H,17,18)(H,19,20). The minimum atomic E-state index is -1.08. The number of furan rings is 1. The van der Waals surface area contributed by atoms with Gasteiger partial charge in [-0.25, -0.2) is 4.79 Å². The van der Waals surface area contributed by atoms with Crippen molar-refractivity contribution in [2.24, 2.45) is 0 Å². The van der Waals surface area contributed by atoms with Crippen molar-refractivity contribution in [3.63, 3.8) is 0 Å². The predicted octanol–water partition coefficient (Wildman–Crippen LogP) is 3.12. The third kappa shape index (κ3) is 2.62. The average Bonchev–Trinajstić information content (AvgIpc) is 3.12. The van der Waals surface area contributed by atoms with Crippen LogP contribution < -0.4 is 5.32 Å². The first-order chi connectivity index (χ1) is 10.6. The maximum absolute atomic E-state index is 12.3. The van der Waals surface area contributed by atoms with E-state index in [1.54, 1.807) is 18.7 Å². The summed E-state index contributed by atoms with van der Waals surface area (Å²) < 4.78 is 5.39. The number of aryl methyl sites for hydroxylation is 1. The first-order valence-electron chi connectivity index (χ1n) is 6.98. The van der Waals surface area contributed by atoms with E-state index >= 15 is 0 Å². The lowest BCUT2D eigenvalue weighted by atomic mass is 10.1. The Labute approximate surface area is 131 Å². The summed E-state index contributed by atoms with van der Waals surface area (Å²) in [5.41, 5.74) is 1.13. The third-order valence-electron chi connectivity index (χ3n) is 3.59. The third-order valence-corrected chi connectivity index (χ3v) is 4.77. The van der Waals surface area contributed by atoms with E-state index in [0.29, 0.717) is 12.2 Å². The van der Waals surface area contributed by atoms with Crippen LogP contribution in [-0.4, -0.2) is 22.7 Å². The molecule has 0 radical (unpaired) electrons. The van der Waals surface area contributed by atoms with E-state index in [1.807, 2.05) is 24.3 Å². The second-order valence-electron chi connectivity index (χ2n) is 4.98. The quantitative estimate of drug-likeness (QED) is 0.905. The number of carboxylic acid groups (broad SMARTS) is 1. The lowest BCUT2D eigenvalue weighted by Gasteiger charge is -2.11. The fourth-order valence-corrected chi connectivity index (χ4v) is 3.66. The van der Waals surface area contributed by atoms with Crippen LogP contribution >= 0.6 is 11.8 Å². The molecule has 1 aromatic heterocycles. The minimum Gasteiger partial charge on any atom is -0.478 e. The maximum atomic E-state index is 12.3. The van der Waals surface area contributed by atoms with Crippen molar-refractivity contribution < 1.29 is 19.1 Å². The summed E-state index contributed by atoms with van der Waals surface area (Å²) >= 11 is 1.69. The first-order valence-corrected chi connectivity index (χ1v) is 7.97. The normalized spacial score (nSPS) is 16.3. The summed E-state index contributed by atoms with van der Waals surface area (Å²) in [6.45, 7) is 1.79. The number of hydrogen-bond donors (Lipinski definition) is 2. The molecule has 2 aromatic rings. The Morgan fingerprint density at radius 2 is 2.18 bits per heavy atom. The van der Waals surface area contributed by atoms with Crippen LogP contribution in [0.2, 0.25) is 0 Å². The predicted molar refractivity (Wildman–Crippen MR) is 82.4 cm³/mol. The van der Waals surface area contributed by atoms with Crippen LogP contribution in [0, 0.1) is 0 Å². The SMILES string of the molecule is CCc1oc(C(=O)NC2CSc3ccccc32)cc1C(=O)O. The van der Waals surface area contributed by atoms with Gasteiger partial charge in [0.05, 0.1) is 6.04 Å². The number of carbonyl (C=O) groups is 2. The number of carboxylic acids is 1. The van der Waals surface area contributed by atoms with Crippen LogP contribution in [0.3, 0.4) is 0 Å². The van der Waals surface area contributed by atoms with E-state index in [-0.39, 0.29) is 23.3 Å². The zero-order valence-corrected chi connectivity index (χ0v) is 12.8. The molecule has 1 unspecified atom stereocenters. The van der Waals surface area contributed by atoms with Crippen molar-refractivity contribution in [2.45, 2.75) is 24.3 Å². The van der Waals surface area contributed by atoms with Crippen LogP contribution in [0.25, 0.3) is 0 Å². The summed E-state index contributed by atoms with van der Waals surface area (Å²) in [6.07, 6.45) is 0.428. The summed E-state index contributed by atoms with van der Waals surface area (Å²) in [5, 5.41) is 12.0. The van der Waals surface area contributed by atoms with E-state index in [1.165, 1.54) is 6.07 Å². The van der Waals surface area contributed by atoms with E-state index < -0.39 is 5.97 Å². The summed E-state index contributed by atoms with van der Waals surface area (Å²) in [5.74, 6) is -0.341. The smallest absolute Gasteiger partial charge is 0.339 e. The Morgan fingerprint density at radius 3 is 2.86 bits per heavy atom. The van der Waals surface area contributed by atoms with Crippen molar-refractivity contribution in [3.8, 4) is 0 Å². The Morgan fingerprint density at radius 1 is 1.41 bits per heavy atom. The molecule has 6 heteroatoms. The highest BCUT2D eigenvalue weighted by Crippen LogP contribution is 2.37. The summed E-state index contributed by atoms with van der Waals surface area (Å²) in [6, 6.07) is 9.13. The number of benzene rings is 1. The second-order valence-corrected chi connectivity index (χ2v) is 6.04. The van der Waals surface area contributed by atoms with Crippen molar-refractivity contribution in [1.29, 1.82) is 0 Å². The van der Waals surface area contributed by atoms with Gasteiger partial charge in [0.25, 0.3) is 5.91 Å². The summed E-state index contributed by atoms with van der Waals surface area (Å²) in [4.78, 5) is 24.6. The van der Waals surface area contributed by atoms with Crippen molar-refractivity contribution in [2.75, 3.05) is 5.75 Å². The molecule has 1 aliphatic heterocycles. The minimum absolute atomic E-state index is 0.0450. The Bertz CT molecular complexity index is 737. The molecule has 1 amide bonds. The van der Waals surface area contributed by atoms with E-state index in [9.17, 15) is 9.59 Å². The number of fused-ring (bicyclic) bond motifs is 1. The molecule has 2 N–H and O–H groups in total. The highest BCUT2D eigenvalue weighted by atomic mass is 32.2. The number of hydrogen-bond acceptors (Lipinski definition) is 4. The zero-order valence-electron chi connectivity index (χ0n) is 12.0. The fourth-order valence-electron chi connectivity index (χ4n) is 2.50. The van der Waals surface area contributed by atoms with E-state index in [0.717, 1.165) is 16.2 Å². The average molecular weight is 317 g/mol. The topological polar surface area (TPSA) is 79.5 Å². The maximum Gasteiger partial charge on any atom is 0.339 e. The van der Waals surface area contributed by atoms with Crippen LogP contribution in [0.5, 0.6) is 0 Å². The lowest BCUT2D eigenvalue weighted by Crippen LogP contribution is -2.28. The van der Waals surface area contributed by atoms with E-state index in [2.05, 4.69) is 5.32 Å². The van der Waals surface area contributed by atoms with Crippen LogP contribution in [0.15, 0.2) is 39.6 Å². The molecular weight excluding hydrogens is 302 g/mol. The Balaban J connectivity index is 1.80. The number of amides is 1. The molecular formula is C16H15NO4S. The van der Waals surface area contributed by atoms with Crippen molar-refractivity contribution >= 4 is 23.6 Å². The van der Waals surface area contributed by atoms with Crippen molar-refractivity contribution in [1.82, 2.24) is 5.32 Å². The highest BCUT2D eigenvalue weighted by Gasteiger charge is 2.27. The molecule has 1 atom stereocenters. The largest absolute Gasteiger partial charge is 0.478 e. The molecule has 1 aliphatic rings. The van der Waals surface area contributed by atoms with Crippen LogP contribution in [0.4, 0.5) is 0 Å².